The first-order chi connectivity index (χ1) is 14.4. The van der Waals surface area contributed by atoms with Crippen LogP contribution in [-0.2, 0) is 0 Å². The molecule has 30 heavy (non-hydrogen) atoms. The minimum Gasteiger partial charge on any atom is -0.383 e. The number of aromatic nitrogens is 1. The zero-order chi connectivity index (χ0) is 21.7. The fraction of sp³-hybridized carbons (Fsp3) is 0.200. The molecule has 2 atom stereocenters. The van der Waals surface area contributed by atoms with Gasteiger partial charge in [-0.05, 0) is 53.8 Å². The standard InChI is InChI=1S/C25H23Cl2NO2/c1-3-16(2)22(17-7-4-10-20(26)13-17)23(25(30)19-9-6-12-28-15-19)24(29)18-8-5-11-21(27)14-18/h4-16,25,30H,3H2,1-2H3/b23-22-. The highest BCUT2D eigenvalue weighted by Gasteiger charge is 2.29. The Balaban J connectivity index is 2.30. The van der Waals surface area contributed by atoms with Gasteiger partial charge in [-0.2, -0.15) is 0 Å². The summed E-state index contributed by atoms with van der Waals surface area (Å²) in [5.74, 6) is -0.267. The van der Waals surface area contributed by atoms with Gasteiger partial charge in [-0.1, -0.05) is 67.4 Å². The van der Waals surface area contributed by atoms with Crippen molar-refractivity contribution in [3.05, 3.63) is 105 Å². The third-order valence-corrected chi connectivity index (χ3v) is 5.61. The first-order valence-corrected chi connectivity index (χ1v) is 10.6. The van der Waals surface area contributed by atoms with Crippen molar-refractivity contribution in [2.75, 3.05) is 0 Å². The van der Waals surface area contributed by atoms with Crippen molar-refractivity contribution in [1.29, 1.82) is 0 Å². The number of pyridine rings is 1. The number of carbonyl (C=O) groups excluding carboxylic acids is 1. The van der Waals surface area contributed by atoms with E-state index in [0.717, 1.165) is 17.6 Å². The van der Waals surface area contributed by atoms with Gasteiger partial charge in [-0.15, -0.1) is 0 Å². The minimum absolute atomic E-state index is 0.00734. The highest BCUT2D eigenvalue weighted by Crippen LogP contribution is 2.38. The summed E-state index contributed by atoms with van der Waals surface area (Å²) in [7, 11) is 0. The van der Waals surface area contributed by atoms with Gasteiger partial charge < -0.3 is 5.11 Å². The smallest absolute Gasteiger partial charge is 0.192 e. The molecule has 0 fully saturated rings. The van der Waals surface area contributed by atoms with E-state index in [1.54, 1.807) is 54.9 Å². The molecule has 0 bridgehead atoms. The predicted molar refractivity (Wildman–Crippen MR) is 123 cm³/mol. The second kappa shape index (κ2) is 10.0. The summed E-state index contributed by atoms with van der Waals surface area (Å²) in [6.07, 6.45) is 2.84. The molecule has 0 aliphatic carbocycles. The second-order valence-corrected chi connectivity index (χ2v) is 8.05. The number of Topliss-reactive ketones (excluding diaryl/α,β-unsaturated/α-hetero) is 1. The van der Waals surface area contributed by atoms with E-state index < -0.39 is 6.10 Å². The minimum atomic E-state index is -1.15. The summed E-state index contributed by atoms with van der Waals surface area (Å²) in [6, 6.07) is 17.6. The fourth-order valence-electron chi connectivity index (χ4n) is 3.45. The molecule has 5 heteroatoms. The number of hydrogen-bond donors (Lipinski definition) is 1. The molecule has 3 nitrogen and oxygen atoms in total. The Hall–Kier alpha value is -2.46. The van der Waals surface area contributed by atoms with Crippen molar-refractivity contribution in [2.45, 2.75) is 26.4 Å². The summed E-state index contributed by atoms with van der Waals surface area (Å²) in [4.78, 5) is 17.8. The Morgan fingerprint density at radius 2 is 1.63 bits per heavy atom. The SMILES string of the molecule is CCC(C)/C(=C(\C(=O)c1cccc(Cl)c1)C(O)c1cccnc1)c1cccc(Cl)c1. The Bertz CT molecular complexity index is 1060. The van der Waals surface area contributed by atoms with E-state index in [1.165, 1.54) is 0 Å². The Kier molecular flexibility index (Phi) is 7.43. The number of hydrogen-bond acceptors (Lipinski definition) is 3. The quantitative estimate of drug-likeness (QED) is 0.325. The molecule has 154 valence electrons. The summed E-state index contributed by atoms with van der Waals surface area (Å²) < 4.78 is 0. The van der Waals surface area contributed by atoms with Crippen LogP contribution in [0.3, 0.4) is 0 Å². The van der Waals surface area contributed by atoms with Crippen LogP contribution >= 0.6 is 23.2 Å². The van der Waals surface area contributed by atoms with Crippen molar-refractivity contribution >= 4 is 34.6 Å². The lowest BCUT2D eigenvalue weighted by Gasteiger charge is -2.24. The Morgan fingerprint density at radius 1 is 1.00 bits per heavy atom. The fourth-order valence-corrected chi connectivity index (χ4v) is 3.83. The van der Waals surface area contributed by atoms with E-state index >= 15 is 0 Å². The van der Waals surface area contributed by atoms with Crippen LogP contribution in [0, 0.1) is 5.92 Å². The third-order valence-electron chi connectivity index (χ3n) is 5.14. The van der Waals surface area contributed by atoms with Crippen LogP contribution in [0.15, 0.2) is 78.6 Å². The van der Waals surface area contributed by atoms with E-state index in [4.69, 9.17) is 23.2 Å². The molecule has 2 unspecified atom stereocenters. The van der Waals surface area contributed by atoms with Crippen molar-refractivity contribution in [2.24, 2.45) is 5.92 Å². The highest BCUT2D eigenvalue weighted by atomic mass is 35.5. The van der Waals surface area contributed by atoms with Crippen LogP contribution in [0.2, 0.25) is 10.0 Å². The predicted octanol–water partition coefficient (Wildman–Crippen LogP) is 6.80. The molecule has 3 rings (SSSR count). The number of halogens is 2. The summed E-state index contributed by atoms with van der Waals surface area (Å²) in [5.41, 5.74) is 2.85. The topological polar surface area (TPSA) is 50.2 Å². The number of nitrogens with zero attached hydrogens (tertiary/aromatic N) is 1. The van der Waals surface area contributed by atoms with Crippen molar-refractivity contribution < 1.29 is 9.90 Å². The molecule has 0 aliphatic heterocycles. The molecule has 1 N–H and O–H groups in total. The van der Waals surface area contributed by atoms with E-state index in [-0.39, 0.29) is 11.7 Å². The number of benzene rings is 2. The van der Waals surface area contributed by atoms with Crippen LogP contribution in [0.25, 0.3) is 5.57 Å². The van der Waals surface area contributed by atoms with Crippen molar-refractivity contribution in [1.82, 2.24) is 4.98 Å². The lowest BCUT2D eigenvalue weighted by molar-refractivity contribution is 0.0987. The molecular weight excluding hydrogens is 417 g/mol. The molecule has 1 aromatic heterocycles. The average Bonchev–Trinajstić information content (AvgIpc) is 2.76. The van der Waals surface area contributed by atoms with Gasteiger partial charge >= 0.3 is 0 Å². The van der Waals surface area contributed by atoms with Gasteiger partial charge in [0, 0.05) is 39.1 Å². The summed E-state index contributed by atoms with van der Waals surface area (Å²) in [6.45, 7) is 4.09. The van der Waals surface area contributed by atoms with Gasteiger partial charge in [0.15, 0.2) is 5.78 Å². The number of rotatable bonds is 7. The monoisotopic (exact) mass is 439 g/mol. The third kappa shape index (κ3) is 4.99. The normalized spacial score (nSPS) is 14.0. The van der Waals surface area contributed by atoms with Crippen LogP contribution in [0.4, 0.5) is 0 Å². The van der Waals surface area contributed by atoms with Gasteiger partial charge in [0.1, 0.15) is 6.10 Å². The van der Waals surface area contributed by atoms with Gasteiger partial charge in [0.2, 0.25) is 0 Å². The molecule has 0 spiro atoms. The second-order valence-electron chi connectivity index (χ2n) is 7.18. The number of aliphatic hydroxyl groups excluding tert-OH is 1. The van der Waals surface area contributed by atoms with E-state index in [0.29, 0.717) is 26.7 Å². The Morgan fingerprint density at radius 3 is 2.20 bits per heavy atom. The average molecular weight is 440 g/mol. The highest BCUT2D eigenvalue weighted by molar-refractivity contribution is 6.31. The van der Waals surface area contributed by atoms with Gasteiger partial charge in [-0.25, -0.2) is 0 Å². The van der Waals surface area contributed by atoms with Crippen LogP contribution in [-0.4, -0.2) is 15.9 Å². The molecule has 3 aromatic rings. The number of carbonyl (C=O) groups is 1. The maximum atomic E-state index is 13.7. The number of ketones is 1. The lowest BCUT2D eigenvalue weighted by atomic mass is 9.81. The largest absolute Gasteiger partial charge is 0.383 e. The molecule has 0 radical (unpaired) electrons. The van der Waals surface area contributed by atoms with Gasteiger partial charge in [0.05, 0.1) is 0 Å². The molecule has 0 aliphatic rings. The van der Waals surface area contributed by atoms with Crippen molar-refractivity contribution in [3.63, 3.8) is 0 Å². The van der Waals surface area contributed by atoms with Crippen LogP contribution in [0.5, 0.6) is 0 Å². The van der Waals surface area contributed by atoms with Crippen LogP contribution in [0.1, 0.15) is 47.9 Å². The number of allylic oxidation sites excluding steroid dienone is 1. The zero-order valence-electron chi connectivity index (χ0n) is 16.8. The maximum absolute atomic E-state index is 13.7. The molecular formula is C25H23Cl2NO2. The van der Waals surface area contributed by atoms with E-state index in [9.17, 15) is 9.90 Å². The first kappa shape index (κ1) is 22.2. The first-order valence-electron chi connectivity index (χ1n) is 9.80. The summed E-state index contributed by atoms with van der Waals surface area (Å²) in [5, 5.41) is 12.4. The molecule has 0 saturated carbocycles. The maximum Gasteiger partial charge on any atom is 0.192 e. The Labute approximate surface area is 187 Å². The molecule has 2 aromatic carbocycles. The zero-order valence-corrected chi connectivity index (χ0v) is 18.4. The van der Waals surface area contributed by atoms with E-state index in [1.807, 2.05) is 32.0 Å². The van der Waals surface area contributed by atoms with E-state index in [2.05, 4.69) is 4.98 Å². The van der Waals surface area contributed by atoms with Crippen molar-refractivity contribution in [3.8, 4) is 0 Å². The van der Waals surface area contributed by atoms with Crippen LogP contribution < -0.4 is 0 Å². The lowest BCUT2D eigenvalue weighted by Crippen LogP contribution is -2.17. The number of aliphatic hydroxyl groups is 1. The van der Waals surface area contributed by atoms with Gasteiger partial charge in [-0.3, -0.25) is 9.78 Å². The molecule has 0 amide bonds. The van der Waals surface area contributed by atoms with Gasteiger partial charge in [0.25, 0.3) is 0 Å². The molecule has 0 saturated heterocycles. The molecule has 1 heterocycles. The summed E-state index contributed by atoms with van der Waals surface area (Å²) >= 11 is 12.4.